The Morgan fingerprint density at radius 2 is 2.18 bits per heavy atom. The van der Waals surface area contributed by atoms with Crippen molar-refractivity contribution in [1.29, 1.82) is 0 Å². The van der Waals surface area contributed by atoms with Crippen molar-refractivity contribution in [3.8, 4) is 0 Å². The van der Waals surface area contributed by atoms with Gasteiger partial charge in [0.05, 0.1) is 13.2 Å². The molecule has 2 aliphatic heterocycles. The summed E-state index contributed by atoms with van der Waals surface area (Å²) in [6.07, 6.45) is 4.89. The van der Waals surface area contributed by atoms with Crippen LogP contribution in [0, 0.1) is 0 Å². The normalized spacial score (nSPS) is 17.9. The standard InChI is InChI=1S/C16H22N4O2/c17-11-13-4-1-5-14(10-13)12-20(15-6-2-8-21-18-15)16-7-3-9-22-19-16/h1,4-6,10,18H,2-3,7-9,11-12,17H2. The molecule has 2 heterocycles. The van der Waals surface area contributed by atoms with Crippen molar-refractivity contribution in [1.82, 2.24) is 10.4 Å². The molecule has 0 spiro atoms. The first-order valence-corrected chi connectivity index (χ1v) is 7.69. The van der Waals surface area contributed by atoms with E-state index in [1.54, 1.807) is 0 Å². The van der Waals surface area contributed by atoms with Gasteiger partial charge in [0, 0.05) is 13.0 Å². The molecule has 0 aromatic heterocycles. The monoisotopic (exact) mass is 302 g/mol. The summed E-state index contributed by atoms with van der Waals surface area (Å²) in [6, 6.07) is 8.30. The summed E-state index contributed by atoms with van der Waals surface area (Å²) in [7, 11) is 0. The fourth-order valence-electron chi connectivity index (χ4n) is 2.58. The Hall–Kier alpha value is -2.05. The second-order valence-corrected chi connectivity index (χ2v) is 5.38. The zero-order valence-corrected chi connectivity index (χ0v) is 12.6. The van der Waals surface area contributed by atoms with Crippen molar-refractivity contribution in [3.05, 3.63) is 47.3 Å². The Kier molecular flexibility index (Phi) is 4.92. The van der Waals surface area contributed by atoms with Gasteiger partial charge in [-0.2, -0.15) is 0 Å². The molecule has 118 valence electrons. The second-order valence-electron chi connectivity index (χ2n) is 5.38. The van der Waals surface area contributed by atoms with E-state index in [4.69, 9.17) is 15.4 Å². The van der Waals surface area contributed by atoms with Crippen LogP contribution in [0.5, 0.6) is 0 Å². The van der Waals surface area contributed by atoms with Gasteiger partial charge in [0.2, 0.25) is 0 Å². The highest BCUT2D eigenvalue weighted by atomic mass is 16.6. The molecular formula is C16H22N4O2. The predicted molar refractivity (Wildman–Crippen MR) is 84.3 cm³/mol. The summed E-state index contributed by atoms with van der Waals surface area (Å²) in [4.78, 5) is 12.7. The maximum absolute atomic E-state index is 5.73. The Bertz CT molecular complexity index is 545. The number of nitrogens with one attached hydrogen (secondary N) is 1. The van der Waals surface area contributed by atoms with Gasteiger partial charge in [-0.05, 0) is 30.0 Å². The van der Waals surface area contributed by atoms with Crippen LogP contribution in [-0.2, 0) is 22.8 Å². The van der Waals surface area contributed by atoms with E-state index in [0.29, 0.717) is 26.3 Å². The quantitative estimate of drug-likeness (QED) is 0.888. The highest BCUT2D eigenvalue weighted by Gasteiger charge is 2.21. The third-order valence-electron chi connectivity index (χ3n) is 3.71. The van der Waals surface area contributed by atoms with Gasteiger partial charge in [0.1, 0.15) is 12.4 Å². The minimum Gasteiger partial charge on any atom is -0.394 e. The number of nitrogens with two attached hydrogens (primary N) is 1. The van der Waals surface area contributed by atoms with Gasteiger partial charge in [0.25, 0.3) is 0 Å². The van der Waals surface area contributed by atoms with E-state index in [-0.39, 0.29) is 0 Å². The van der Waals surface area contributed by atoms with Crippen LogP contribution in [0.1, 0.15) is 30.4 Å². The Morgan fingerprint density at radius 1 is 1.27 bits per heavy atom. The molecule has 6 nitrogen and oxygen atoms in total. The first-order valence-electron chi connectivity index (χ1n) is 7.69. The molecule has 3 N–H and O–H groups in total. The van der Waals surface area contributed by atoms with Crippen molar-refractivity contribution < 1.29 is 9.68 Å². The van der Waals surface area contributed by atoms with Crippen LogP contribution in [0.3, 0.4) is 0 Å². The Labute approximate surface area is 130 Å². The van der Waals surface area contributed by atoms with Crippen molar-refractivity contribution >= 4 is 5.84 Å². The lowest BCUT2D eigenvalue weighted by atomic mass is 10.1. The van der Waals surface area contributed by atoms with E-state index in [1.807, 2.05) is 12.1 Å². The van der Waals surface area contributed by atoms with Crippen molar-refractivity contribution in [2.24, 2.45) is 10.9 Å². The first kappa shape index (κ1) is 14.9. The average Bonchev–Trinajstić information content (AvgIpc) is 2.61. The van der Waals surface area contributed by atoms with Crippen LogP contribution in [0.4, 0.5) is 0 Å². The third-order valence-corrected chi connectivity index (χ3v) is 3.71. The molecule has 0 atom stereocenters. The number of nitrogens with zero attached hydrogens (tertiary/aromatic N) is 2. The summed E-state index contributed by atoms with van der Waals surface area (Å²) < 4.78 is 0. The molecule has 0 saturated carbocycles. The molecule has 0 saturated heterocycles. The molecule has 0 radical (unpaired) electrons. The molecule has 6 heteroatoms. The molecule has 22 heavy (non-hydrogen) atoms. The number of hydrogen-bond acceptors (Lipinski definition) is 6. The summed E-state index contributed by atoms with van der Waals surface area (Å²) in [6.45, 7) is 2.62. The van der Waals surface area contributed by atoms with E-state index in [2.05, 4.69) is 33.7 Å². The van der Waals surface area contributed by atoms with Gasteiger partial charge < -0.3 is 15.5 Å². The Morgan fingerprint density at radius 3 is 2.91 bits per heavy atom. The van der Waals surface area contributed by atoms with Gasteiger partial charge in [-0.25, -0.2) is 0 Å². The maximum Gasteiger partial charge on any atom is 0.150 e. The molecule has 1 aromatic rings. The number of hydroxylamine groups is 1. The van der Waals surface area contributed by atoms with E-state index in [1.165, 1.54) is 5.56 Å². The molecule has 1 aromatic carbocycles. The average molecular weight is 302 g/mol. The molecule has 0 unspecified atom stereocenters. The van der Waals surface area contributed by atoms with Crippen LogP contribution in [0.25, 0.3) is 0 Å². The summed E-state index contributed by atoms with van der Waals surface area (Å²) in [5.41, 5.74) is 11.0. The topological polar surface area (TPSA) is 72.1 Å². The SMILES string of the molecule is NCc1cccc(CN(C2=CCCON2)C2=NOCCC2)c1. The van der Waals surface area contributed by atoms with Crippen molar-refractivity contribution in [3.63, 3.8) is 0 Å². The van der Waals surface area contributed by atoms with Gasteiger partial charge in [-0.1, -0.05) is 29.4 Å². The van der Waals surface area contributed by atoms with E-state index in [9.17, 15) is 0 Å². The smallest absolute Gasteiger partial charge is 0.150 e. The van der Waals surface area contributed by atoms with Crippen molar-refractivity contribution in [2.45, 2.75) is 32.4 Å². The van der Waals surface area contributed by atoms with Crippen LogP contribution in [-0.4, -0.2) is 23.9 Å². The molecule has 0 bridgehead atoms. The molecule has 0 aliphatic carbocycles. The number of hydrogen-bond donors (Lipinski definition) is 2. The van der Waals surface area contributed by atoms with E-state index >= 15 is 0 Å². The van der Waals surface area contributed by atoms with Crippen LogP contribution >= 0.6 is 0 Å². The van der Waals surface area contributed by atoms with Gasteiger partial charge >= 0.3 is 0 Å². The van der Waals surface area contributed by atoms with Gasteiger partial charge in [-0.3, -0.25) is 10.3 Å². The van der Waals surface area contributed by atoms with Crippen LogP contribution in [0.2, 0.25) is 0 Å². The van der Waals surface area contributed by atoms with Gasteiger partial charge in [0.15, 0.2) is 5.84 Å². The van der Waals surface area contributed by atoms with Crippen molar-refractivity contribution in [2.75, 3.05) is 13.2 Å². The van der Waals surface area contributed by atoms with E-state index in [0.717, 1.165) is 36.5 Å². The lowest BCUT2D eigenvalue weighted by Crippen LogP contribution is -2.39. The first-order chi connectivity index (χ1) is 10.9. The van der Waals surface area contributed by atoms with Crippen LogP contribution < -0.4 is 11.2 Å². The van der Waals surface area contributed by atoms with Gasteiger partial charge in [-0.15, -0.1) is 0 Å². The number of amidine groups is 1. The largest absolute Gasteiger partial charge is 0.394 e. The highest BCUT2D eigenvalue weighted by molar-refractivity contribution is 5.83. The molecule has 2 aliphatic rings. The Balaban J connectivity index is 1.84. The molecule has 0 amide bonds. The highest BCUT2D eigenvalue weighted by Crippen LogP contribution is 2.18. The third kappa shape index (κ3) is 3.58. The fourth-order valence-corrected chi connectivity index (χ4v) is 2.58. The minimum absolute atomic E-state index is 0.544. The number of rotatable bonds is 4. The number of oxime groups is 1. The zero-order chi connectivity index (χ0) is 15.2. The summed E-state index contributed by atoms with van der Waals surface area (Å²) >= 11 is 0. The lowest BCUT2D eigenvalue weighted by Gasteiger charge is -2.31. The lowest BCUT2D eigenvalue weighted by molar-refractivity contribution is 0.0370. The predicted octanol–water partition coefficient (Wildman–Crippen LogP) is 1.84. The molecular weight excluding hydrogens is 280 g/mol. The maximum atomic E-state index is 5.73. The zero-order valence-electron chi connectivity index (χ0n) is 12.6. The van der Waals surface area contributed by atoms with E-state index < -0.39 is 0 Å². The number of benzene rings is 1. The summed E-state index contributed by atoms with van der Waals surface area (Å²) in [5.74, 6) is 1.85. The minimum atomic E-state index is 0.544. The fraction of sp³-hybridized carbons (Fsp3) is 0.438. The second kappa shape index (κ2) is 7.29. The summed E-state index contributed by atoms with van der Waals surface area (Å²) in [5, 5.41) is 4.23. The molecule has 3 rings (SSSR count). The molecule has 0 fully saturated rings. The van der Waals surface area contributed by atoms with Crippen LogP contribution in [0.15, 0.2) is 41.3 Å².